The van der Waals surface area contributed by atoms with Crippen molar-refractivity contribution in [3.63, 3.8) is 0 Å². The van der Waals surface area contributed by atoms with Crippen LogP contribution in [0.4, 0.5) is 4.79 Å². The van der Waals surface area contributed by atoms with E-state index in [2.05, 4.69) is 11.7 Å². The minimum Gasteiger partial charge on any atom is -0.442 e. The van der Waals surface area contributed by atoms with Gasteiger partial charge in [-0.3, -0.25) is 0 Å². The normalized spacial score (nSPS) is 26.2. The summed E-state index contributed by atoms with van der Waals surface area (Å²) in [7, 11) is 0. The van der Waals surface area contributed by atoms with Crippen molar-refractivity contribution in [1.82, 2.24) is 5.01 Å². The Morgan fingerprint density at radius 1 is 1.65 bits per heavy atom. The van der Waals surface area contributed by atoms with Gasteiger partial charge in [-0.25, -0.2) is 4.79 Å². The molecule has 1 amide bonds. The largest absolute Gasteiger partial charge is 0.442 e. The lowest BCUT2D eigenvalue weighted by Crippen LogP contribution is -2.53. The van der Waals surface area contributed by atoms with Gasteiger partial charge in [0.2, 0.25) is 0 Å². The summed E-state index contributed by atoms with van der Waals surface area (Å²) < 4.78 is 5.24. The highest BCUT2D eigenvalue weighted by atomic mass is 16.6. The van der Waals surface area contributed by atoms with Gasteiger partial charge in [0.25, 0.3) is 0 Å². The van der Waals surface area contributed by atoms with E-state index in [0.29, 0.717) is 5.57 Å². The average Bonchev–Trinajstić information content (AvgIpc) is 2.42. The molecule has 0 aliphatic carbocycles. The van der Waals surface area contributed by atoms with Gasteiger partial charge in [0.05, 0.1) is 12.3 Å². The number of rotatable bonds is 1. The molecule has 0 bridgehead atoms. The smallest absolute Gasteiger partial charge is 0.431 e. The van der Waals surface area contributed by atoms with E-state index in [0.717, 1.165) is 5.01 Å². The Kier molecular flexibility index (Phi) is 3.34. The van der Waals surface area contributed by atoms with E-state index in [-0.39, 0.29) is 0 Å². The van der Waals surface area contributed by atoms with Crippen molar-refractivity contribution in [2.24, 2.45) is 5.10 Å². The Hall–Kier alpha value is -1.36. The van der Waals surface area contributed by atoms with E-state index in [1.54, 1.807) is 34.6 Å². The molecule has 1 rings (SSSR count). The number of carbonyl (C=O) groups is 1. The molecule has 1 N–H and O–H groups in total. The number of hydrazone groups is 1. The fourth-order valence-electron chi connectivity index (χ4n) is 1.50. The number of hydrogen-bond donors (Lipinski definition) is 1. The van der Waals surface area contributed by atoms with Crippen LogP contribution in [0.25, 0.3) is 0 Å². The number of aliphatic hydroxyl groups excluding tert-OH is 1. The number of aliphatic hydroxyl groups is 1. The fourth-order valence-corrected chi connectivity index (χ4v) is 1.50. The van der Waals surface area contributed by atoms with Crippen molar-refractivity contribution >= 4 is 12.3 Å². The molecule has 2 atom stereocenters. The fraction of sp³-hybridized carbons (Fsp3) is 0.667. The van der Waals surface area contributed by atoms with Gasteiger partial charge in [0.1, 0.15) is 11.1 Å². The monoisotopic (exact) mass is 240 g/mol. The maximum absolute atomic E-state index is 12.0. The van der Waals surface area contributed by atoms with Crippen LogP contribution in [0.2, 0.25) is 0 Å². The van der Waals surface area contributed by atoms with Gasteiger partial charge in [-0.2, -0.15) is 10.1 Å². The number of ether oxygens (including phenoxy) is 1. The second kappa shape index (κ2) is 4.14. The highest BCUT2D eigenvalue weighted by molar-refractivity contribution is 5.87. The van der Waals surface area contributed by atoms with E-state index < -0.39 is 23.3 Å². The second-order valence-corrected chi connectivity index (χ2v) is 5.39. The Labute approximate surface area is 102 Å². The van der Waals surface area contributed by atoms with Crippen LogP contribution in [-0.2, 0) is 4.74 Å². The number of amides is 1. The van der Waals surface area contributed by atoms with Crippen LogP contribution in [0.5, 0.6) is 0 Å². The van der Waals surface area contributed by atoms with E-state index in [9.17, 15) is 9.90 Å². The summed E-state index contributed by atoms with van der Waals surface area (Å²) in [5.74, 6) is 0. The third-order valence-electron chi connectivity index (χ3n) is 2.80. The van der Waals surface area contributed by atoms with Crippen molar-refractivity contribution in [3.05, 3.63) is 12.2 Å². The quantitative estimate of drug-likeness (QED) is 0.761. The van der Waals surface area contributed by atoms with Crippen LogP contribution < -0.4 is 0 Å². The average molecular weight is 240 g/mol. The minimum atomic E-state index is -0.942. The number of nitrogens with zero attached hydrogens (tertiary/aromatic N) is 2. The molecule has 96 valence electrons. The zero-order valence-electron chi connectivity index (χ0n) is 11.0. The molecule has 1 aliphatic rings. The molecule has 0 radical (unpaired) electrons. The molecular weight excluding hydrogens is 220 g/mol. The molecule has 0 aromatic rings. The summed E-state index contributed by atoms with van der Waals surface area (Å²) in [5.41, 5.74) is -0.961. The first-order valence-electron chi connectivity index (χ1n) is 5.53. The topological polar surface area (TPSA) is 62.1 Å². The Morgan fingerprint density at radius 2 is 2.18 bits per heavy atom. The molecule has 0 spiro atoms. The van der Waals surface area contributed by atoms with E-state index >= 15 is 0 Å². The molecule has 1 unspecified atom stereocenters. The third-order valence-corrected chi connectivity index (χ3v) is 2.80. The maximum Gasteiger partial charge on any atom is 0.431 e. The lowest BCUT2D eigenvalue weighted by Gasteiger charge is -2.36. The highest BCUT2D eigenvalue weighted by Gasteiger charge is 2.47. The molecule has 1 heterocycles. The van der Waals surface area contributed by atoms with Gasteiger partial charge in [0, 0.05) is 0 Å². The summed E-state index contributed by atoms with van der Waals surface area (Å²) in [6.45, 7) is 12.4. The summed E-state index contributed by atoms with van der Waals surface area (Å²) in [6.07, 6.45) is 0.0946. The maximum atomic E-state index is 12.0. The first-order chi connectivity index (χ1) is 7.59. The van der Waals surface area contributed by atoms with Gasteiger partial charge in [-0.1, -0.05) is 6.58 Å². The van der Waals surface area contributed by atoms with Gasteiger partial charge < -0.3 is 9.84 Å². The third kappa shape index (κ3) is 2.49. The van der Waals surface area contributed by atoms with Crippen LogP contribution in [0.3, 0.4) is 0 Å². The molecular formula is C12H20N2O3. The first kappa shape index (κ1) is 13.7. The lowest BCUT2D eigenvalue weighted by atomic mass is 9.89. The van der Waals surface area contributed by atoms with E-state index in [1.165, 1.54) is 6.21 Å². The van der Waals surface area contributed by atoms with Gasteiger partial charge in [-0.15, -0.1) is 0 Å². The number of hydrogen-bond acceptors (Lipinski definition) is 4. The second-order valence-electron chi connectivity index (χ2n) is 5.39. The molecule has 5 nitrogen and oxygen atoms in total. The summed E-state index contributed by atoms with van der Waals surface area (Å²) in [6, 6.07) is 0. The molecule has 17 heavy (non-hydrogen) atoms. The minimum absolute atomic E-state index is 0.582. The predicted molar refractivity (Wildman–Crippen MR) is 65.8 cm³/mol. The Balaban J connectivity index is 2.95. The summed E-state index contributed by atoms with van der Waals surface area (Å²) in [5, 5.41) is 14.9. The Bertz CT molecular complexity index is 368. The van der Waals surface area contributed by atoms with Crippen LogP contribution in [0.1, 0.15) is 34.6 Å². The van der Waals surface area contributed by atoms with Crippen LogP contribution in [0, 0.1) is 0 Å². The van der Waals surface area contributed by atoms with Crippen LogP contribution in [0.15, 0.2) is 17.3 Å². The molecule has 0 fully saturated rings. The van der Waals surface area contributed by atoms with Crippen molar-refractivity contribution in [1.29, 1.82) is 0 Å². The summed E-state index contributed by atoms with van der Waals surface area (Å²) >= 11 is 0. The standard InChI is InChI=1S/C12H20N2O3/c1-8-7-13-14(12(8,6)9(2)15)10(16)17-11(3,4)5/h7,9,15H,1H2,2-6H3/t9-,12?/m0/s1. The molecule has 0 aromatic heterocycles. The van der Waals surface area contributed by atoms with Crippen LogP contribution in [-0.4, -0.2) is 39.7 Å². The first-order valence-corrected chi connectivity index (χ1v) is 5.53. The molecule has 0 saturated heterocycles. The summed E-state index contributed by atoms with van der Waals surface area (Å²) in [4.78, 5) is 12.0. The Morgan fingerprint density at radius 3 is 2.59 bits per heavy atom. The SMILES string of the molecule is C=C1C=NN(C(=O)OC(C)(C)C)C1(C)[C@H](C)O. The van der Waals surface area contributed by atoms with Crippen LogP contribution >= 0.6 is 0 Å². The van der Waals surface area contributed by atoms with Crippen molar-refractivity contribution in [2.45, 2.75) is 51.9 Å². The zero-order valence-corrected chi connectivity index (χ0v) is 11.0. The van der Waals surface area contributed by atoms with E-state index in [4.69, 9.17) is 4.74 Å². The predicted octanol–water partition coefficient (Wildman–Crippen LogP) is 1.92. The number of carbonyl (C=O) groups excluding carboxylic acids is 1. The molecule has 1 aliphatic heterocycles. The van der Waals surface area contributed by atoms with E-state index in [1.807, 2.05) is 0 Å². The van der Waals surface area contributed by atoms with Gasteiger partial charge in [0.15, 0.2) is 0 Å². The lowest BCUT2D eigenvalue weighted by molar-refractivity contribution is -0.0167. The molecule has 5 heteroatoms. The van der Waals surface area contributed by atoms with Crippen molar-refractivity contribution in [3.8, 4) is 0 Å². The van der Waals surface area contributed by atoms with Gasteiger partial charge >= 0.3 is 6.09 Å². The van der Waals surface area contributed by atoms with Crippen molar-refractivity contribution < 1.29 is 14.6 Å². The molecule has 0 saturated carbocycles. The highest BCUT2D eigenvalue weighted by Crippen LogP contribution is 2.32. The van der Waals surface area contributed by atoms with Gasteiger partial charge in [-0.05, 0) is 40.2 Å². The molecule has 0 aromatic carbocycles. The zero-order chi connectivity index (χ0) is 13.4. The van der Waals surface area contributed by atoms with Crippen molar-refractivity contribution in [2.75, 3.05) is 0 Å².